The normalized spacial score (nSPS) is 10.7. The van der Waals surface area contributed by atoms with Gasteiger partial charge in [0.15, 0.2) is 0 Å². The predicted octanol–water partition coefficient (Wildman–Crippen LogP) is 4.16. The van der Waals surface area contributed by atoms with Crippen molar-refractivity contribution in [3.63, 3.8) is 0 Å². The summed E-state index contributed by atoms with van der Waals surface area (Å²) in [4.78, 5) is 10.9. The fraction of sp³-hybridized carbons (Fsp3) is 0.800. The number of hydrogen-bond acceptors (Lipinski definition) is 2. The van der Waals surface area contributed by atoms with Gasteiger partial charge in [0.25, 0.3) is 0 Å². The Morgan fingerprint density at radius 2 is 1.56 bits per heavy atom. The Hall–Kier alpha value is -0.753. The highest BCUT2D eigenvalue weighted by Gasteiger charge is 2.06. The lowest BCUT2D eigenvalue weighted by atomic mass is 10.1. The van der Waals surface area contributed by atoms with Crippen molar-refractivity contribution in [2.75, 3.05) is 7.11 Å². The molecule has 0 amide bonds. The first-order chi connectivity index (χ1) is 8.45. The Morgan fingerprint density at radius 1 is 1.00 bits per heavy atom. The first kappa shape index (κ1) is 17.2. The fourth-order valence-electron chi connectivity index (χ4n) is 1.62. The van der Waals surface area contributed by atoms with Crippen LogP contribution >= 0.6 is 0 Å². The summed E-state index contributed by atoms with van der Waals surface area (Å²) in [7, 11) is 0.286. The van der Waals surface area contributed by atoms with E-state index in [-0.39, 0.29) is 5.97 Å². The van der Waals surface area contributed by atoms with Crippen molar-refractivity contribution < 1.29 is 9.53 Å². The molecular weight excluding hydrogens is 240 g/mol. The van der Waals surface area contributed by atoms with Gasteiger partial charge in [-0.3, -0.25) is 4.79 Å². The van der Waals surface area contributed by atoms with Gasteiger partial charge in [-0.25, -0.2) is 0 Å². The molecule has 2 nitrogen and oxygen atoms in total. The zero-order chi connectivity index (χ0) is 13.9. The van der Waals surface area contributed by atoms with Crippen molar-refractivity contribution in [2.24, 2.45) is 0 Å². The van der Waals surface area contributed by atoms with Gasteiger partial charge < -0.3 is 4.74 Å². The van der Waals surface area contributed by atoms with E-state index in [2.05, 4.69) is 35.8 Å². The topological polar surface area (TPSA) is 26.3 Å². The smallest absolute Gasteiger partial charge is 0.305 e. The van der Waals surface area contributed by atoms with Crippen LogP contribution in [0.1, 0.15) is 51.4 Å². The van der Waals surface area contributed by atoms with Crippen LogP contribution in [-0.2, 0) is 9.53 Å². The first-order valence-electron chi connectivity index (χ1n) is 7.02. The maximum Gasteiger partial charge on any atom is 0.305 e. The van der Waals surface area contributed by atoms with Gasteiger partial charge in [0.1, 0.15) is 8.07 Å². The van der Waals surface area contributed by atoms with Gasteiger partial charge >= 0.3 is 5.97 Å². The average molecular weight is 268 g/mol. The van der Waals surface area contributed by atoms with Gasteiger partial charge in [-0.15, -0.1) is 11.5 Å². The van der Waals surface area contributed by atoms with E-state index in [4.69, 9.17) is 0 Å². The molecule has 0 bridgehead atoms. The summed E-state index contributed by atoms with van der Waals surface area (Å²) in [5.41, 5.74) is 3.39. The summed E-state index contributed by atoms with van der Waals surface area (Å²) >= 11 is 0. The van der Waals surface area contributed by atoms with E-state index in [9.17, 15) is 4.79 Å². The summed E-state index contributed by atoms with van der Waals surface area (Å²) in [5, 5.41) is 0. The van der Waals surface area contributed by atoms with Gasteiger partial charge in [-0.1, -0.05) is 45.3 Å². The number of rotatable bonds is 8. The highest BCUT2D eigenvalue weighted by Crippen LogP contribution is 2.08. The molecule has 0 fully saturated rings. The monoisotopic (exact) mass is 268 g/mol. The van der Waals surface area contributed by atoms with Gasteiger partial charge in [-0.2, -0.15) is 0 Å². The lowest BCUT2D eigenvalue weighted by Gasteiger charge is -2.03. The number of methoxy groups -OCH3 is 1. The van der Waals surface area contributed by atoms with E-state index in [0.717, 1.165) is 19.3 Å². The van der Waals surface area contributed by atoms with Crippen LogP contribution in [-0.4, -0.2) is 21.2 Å². The number of esters is 1. The number of ether oxygens (including phenoxy) is 1. The number of carbonyl (C=O) groups excluding carboxylic acids is 1. The Labute approximate surface area is 114 Å². The molecule has 0 radical (unpaired) electrons. The third-order valence-corrected chi connectivity index (χ3v) is 3.55. The molecule has 104 valence electrons. The molecule has 0 aliphatic rings. The molecule has 0 aliphatic heterocycles. The van der Waals surface area contributed by atoms with Crippen molar-refractivity contribution >= 4 is 14.0 Å². The highest BCUT2D eigenvalue weighted by atomic mass is 28.3. The number of hydrogen-bond donors (Lipinski definition) is 0. The molecule has 0 heterocycles. The molecule has 18 heavy (non-hydrogen) atoms. The second kappa shape index (κ2) is 10.2. The Kier molecular flexibility index (Phi) is 9.77. The van der Waals surface area contributed by atoms with E-state index in [1.54, 1.807) is 0 Å². The maximum atomic E-state index is 10.9. The average Bonchev–Trinajstić information content (AvgIpc) is 2.29. The summed E-state index contributed by atoms with van der Waals surface area (Å²) in [6.07, 6.45) is 8.67. The lowest BCUT2D eigenvalue weighted by Crippen LogP contribution is -2.16. The first-order valence-corrected chi connectivity index (χ1v) is 10.5. The zero-order valence-corrected chi connectivity index (χ0v) is 13.5. The van der Waals surface area contributed by atoms with Crippen molar-refractivity contribution in [1.29, 1.82) is 0 Å². The molecular formula is C15H28O2Si. The second-order valence-corrected chi connectivity index (χ2v) is 10.5. The van der Waals surface area contributed by atoms with Crippen LogP contribution in [0.15, 0.2) is 0 Å². The van der Waals surface area contributed by atoms with Crippen LogP contribution in [0.3, 0.4) is 0 Å². The molecule has 0 unspecified atom stereocenters. The van der Waals surface area contributed by atoms with Crippen molar-refractivity contribution in [1.82, 2.24) is 0 Å². The molecule has 0 N–H and O–H groups in total. The van der Waals surface area contributed by atoms with Crippen molar-refractivity contribution in [2.45, 2.75) is 71.0 Å². The molecule has 0 aromatic heterocycles. The molecule has 3 heteroatoms. The molecule has 0 atom stereocenters. The number of unbranched alkanes of at least 4 members (excludes halogenated alkanes) is 6. The van der Waals surface area contributed by atoms with Crippen LogP contribution in [0, 0.1) is 11.5 Å². The van der Waals surface area contributed by atoms with E-state index < -0.39 is 8.07 Å². The van der Waals surface area contributed by atoms with E-state index in [1.165, 1.54) is 32.8 Å². The minimum absolute atomic E-state index is 0.0865. The second-order valence-electron chi connectivity index (χ2n) is 5.75. The van der Waals surface area contributed by atoms with Crippen LogP contribution < -0.4 is 0 Å². The Balaban J connectivity index is 3.26. The van der Waals surface area contributed by atoms with E-state index >= 15 is 0 Å². The van der Waals surface area contributed by atoms with Gasteiger partial charge in [0.2, 0.25) is 0 Å². The minimum Gasteiger partial charge on any atom is -0.469 e. The third kappa shape index (κ3) is 13.3. The summed E-state index contributed by atoms with van der Waals surface area (Å²) in [5.74, 6) is 3.21. The summed E-state index contributed by atoms with van der Waals surface area (Å²) < 4.78 is 4.60. The fourth-order valence-corrected chi connectivity index (χ4v) is 2.27. The van der Waals surface area contributed by atoms with Crippen LogP contribution in [0.25, 0.3) is 0 Å². The van der Waals surface area contributed by atoms with Crippen molar-refractivity contribution in [3.05, 3.63) is 0 Å². The lowest BCUT2D eigenvalue weighted by molar-refractivity contribution is -0.140. The van der Waals surface area contributed by atoms with Crippen LogP contribution in [0.5, 0.6) is 0 Å². The largest absolute Gasteiger partial charge is 0.469 e. The van der Waals surface area contributed by atoms with Gasteiger partial charge in [-0.05, 0) is 12.8 Å². The molecule has 0 rings (SSSR count). The van der Waals surface area contributed by atoms with E-state index in [0.29, 0.717) is 6.42 Å². The molecule has 0 aromatic carbocycles. The number of carbonyl (C=O) groups is 1. The molecule has 0 saturated carbocycles. The van der Waals surface area contributed by atoms with E-state index in [1.807, 2.05) is 0 Å². The molecule has 0 spiro atoms. The van der Waals surface area contributed by atoms with Gasteiger partial charge in [0.05, 0.1) is 7.11 Å². The zero-order valence-electron chi connectivity index (χ0n) is 12.5. The van der Waals surface area contributed by atoms with Gasteiger partial charge in [0, 0.05) is 12.8 Å². The Morgan fingerprint density at radius 3 is 2.11 bits per heavy atom. The molecule has 0 aliphatic carbocycles. The van der Waals surface area contributed by atoms with Crippen LogP contribution in [0.2, 0.25) is 19.6 Å². The quantitative estimate of drug-likeness (QED) is 0.286. The van der Waals surface area contributed by atoms with Crippen molar-refractivity contribution in [3.8, 4) is 11.5 Å². The SMILES string of the molecule is COC(=O)CCCCCCCCC#C[Si](C)(C)C. The highest BCUT2D eigenvalue weighted by molar-refractivity contribution is 6.83. The minimum atomic E-state index is -1.16. The summed E-state index contributed by atoms with van der Waals surface area (Å²) in [6, 6.07) is 0. The molecule has 0 saturated heterocycles. The summed E-state index contributed by atoms with van der Waals surface area (Å²) in [6.45, 7) is 6.84. The molecule has 0 aromatic rings. The standard InChI is InChI=1S/C15H28O2Si/c1-17-15(16)13-11-9-7-5-6-8-10-12-14-18(2,3)4/h5-11,13H2,1-4H3. The Bertz CT molecular complexity index is 281. The third-order valence-electron chi connectivity index (χ3n) is 2.62. The predicted molar refractivity (Wildman–Crippen MR) is 80.1 cm³/mol. The maximum absolute atomic E-state index is 10.9. The van der Waals surface area contributed by atoms with Crippen LogP contribution in [0.4, 0.5) is 0 Å².